The molecule has 78 valence electrons. The van der Waals surface area contributed by atoms with E-state index in [9.17, 15) is 0 Å². The van der Waals surface area contributed by atoms with Gasteiger partial charge in [0.2, 0.25) is 11.8 Å². The van der Waals surface area contributed by atoms with Crippen LogP contribution in [-0.2, 0) is 6.42 Å². The van der Waals surface area contributed by atoms with Crippen molar-refractivity contribution in [3.05, 3.63) is 11.8 Å². The summed E-state index contributed by atoms with van der Waals surface area (Å²) in [6.45, 7) is 4.21. The first kappa shape index (κ1) is 9.65. The molecular weight excluding hydrogens is 178 g/mol. The van der Waals surface area contributed by atoms with Crippen molar-refractivity contribution in [3.63, 3.8) is 0 Å². The quantitative estimate of drug-likeness (QED) is 0.712. The lowest BCUT2D eigenvalue weighted by Crippen LogP contribution is -2.33. The zero-order valence-corrected chi connectivity index (χ0v) is 8.86. The van der Waals surface area contributed by atoms with Crippen LogP contribution in [0.1, 0.15) is 24.6 Å². The Morgan fingerprint density at radius 1 is 1.50 bits per heavy atom. The molecule has 1 aliphatic rings. The predicted molar refractivity (Wildman–Crippen MR) is 53.0 cm³/mol. The summed E-state index contributed by atoms with van der Waals surface area (Å²) in [6, 6.07) is 0. The SMILES string of the molecule is Cc1nnc(CC2CCCN(C)C2)o1. The zero-order chi connectivity index (χ0) is 9.97. The summed E-state index contributed by atoms with van der Waals surface area (Å²) < 4.78 is 5.38. The smallest absolute Gasteiger partial charge is 0.216 e. The molecule has 0 bridgehead atoms. The number of aromatic nitrogens is 2. The zero-order valence-electron chi connectivity index (χ0n) is 8.86. The molecule has 0 N–H and O–H groups in total. The van der Waals surface area contributed by atoms with Crippen molar-refractivity contribution in [3.8, 4) is 0 Å². The number of aryl methyl sites for hydroxylation is 1. The Hall–Kier alpha value is -0.900. The first-order chi connectivity index (χ1) is 6.74. The van der Waals surface area contributed by atoms with E-state index >= 15 is 0 Å². The molecule has 1 saturated heterocycles. The van der Waals surface area contributed by atoms with Crippen LogP contribution in [0.25, 0.3) is 0 Å². The average Bonchev–Trinajstić information content (AvgIpc) is 2.51. The molecule has 1 aromatic rings. The Bertz CT molecular complexity index is 297. The number of rotatable bonds is 2. The number of hydrogen-bond donors (Lipinski definition) is 0. The van der Waals surface area contributed by atoms with Gasteiger partial charge in [-0.15, -0.1) is 10.2 Å². The van der Waals surface area contributed by atoms with Crippen LogP contribution in [0.3, 0.4) is 0 Å². The van der Waals surface area contributed by atoms with Crippen molar-refractivity contribution in [2.24, 2.45) is 5.92 Å². The van der Waals surface area contributed by atoms with Crippen LogP contribution in [0, 0.1) is 12.8 Å². The minimum atomic E-state index is 0.671. The number of hydrogen-bond acceptors (Lipinski definition) is 4. The maximum absolute atomic E-state index is 5.38. The summed E-state index contributed by atoms with van der Waals surface area (Å²) in [7, 11) is 2.17. The van der Waals surface area contributed by atoms with Crippen LogP contribution < -0.4 is 0 Å². The van der Waals surface area contributed by atoms with E-state index in [1.807, 2.05) is 6.92 Å². The molecular formula is C10H17N3O. The van der Waals surface area contributed by atoms with Crippen molar-refractivity contribution >= 4 is 0 Å². The maximum atomic E-state index is 5.38. The van der Waals surface area contributed by atoms with Crippen LogP contribution in [0.4, 0.5) is 0 Å². The van der Waals surface area contributed by atoms with E-state index in [0.29, 0.717) is 11.8 Å². The van der Waals surface area contributed by atoms with Gasteiger partial charge in [0.25, 0.3) is 0 Å². The van der Waals surface area contributed by atoms with Crippen molar-refractivity contribution in [1.29, 1.82) is 0 Å². The average molecular weight is 195 g/mol. The molecule has 0 saturated carbocycles. The Morgan fingerprint density at radius 3 is 3.00 bits per heavy atom. The molecule has 0 aromatic carbocycles. The first-order valence-corrected chi connectivity index (χ1v) is 5.21. The molecule has 1 atom stereocenters. The lowest BCUT2D eigenvalue weighted by molar-refractivity contribution is 0.202. The Labute approximate surface area is 84.3 Å². The lowest BCUT2D eigenvalue weighted by Gasteiger charge is -2.28. The number of likely N-dealkylation sites (tertiary alicyclic amines) is 1. The van der Waals surface area contributed by atoms with Gasteiger partial charge < -0.3 is 9.32 Å². The fourth-order valence-electron chi connectivity index (χ4n) is 2.11. The van der Waals surface area contributed by atoms with Gasteiger partial charge in [0.05, 0.1) is 0 Å². The van der Waals surface area contributed by atoms with Crippen LogP contribution in [-0.4, -0.2) is 35.2 Å². The third kappa shape index (κ3) is 2.32. The van der Waals surface area contributed by atoms with Gasteiger partial charge in [0, 0.05) is 19.9 Å². The Kier molecular flexibility index (Phi) is 2.82. The van der Waals surface area contributed by atoms with E-state index in [-0.39, 0.29) is 0 Å². The normalized spacial score (nSPS) is 24.0. The second kappa shape index (κ2) is 4.09. The van der Waals surface area contributed by atoms with E-state index in [2.05, 4.69) is 22.1 Å². The van der Waals surface area contributed by atoms with E-state index in [4.69, 9.17) is 4.42 Å². The largest absolute Gasteiger partial charge is 0.426 e. The topological polar surface area (TPSA) is 42.2 Å². The molecule has 1 aromatic heterocycles. The van der Waals surface area contributed by atoms with Crippen LogP contribution >= 0.6 is 0 Å². The molecule has 0 radical (unpaired) electrons. The highest BCUT2D eigenvalue weighted by atomic mass is 16.4. The number of piperidine rings is 1. The summed E-state index contributed by atoms with van der Waals surface area (Å²) in [4.78, 5) is 2.37. The number of nitrogens with zero attached hydrogens (tertiary/aromatic N) is 3. The third-order valence-electron chi connectivity index (χ3n) is 2.75. The minimum Gasteiger partial charge on any atom is -0.426 e. The van der Waals surface area contributed by atoms with Crippen LogP contribution in [0.5, 0.6) is 0 Å². The standard InChI is InChI=1S/C10H17N3O/c1-8-11-12-10(14-8)6-9-4-3-5-13(2)7-9/h9H,3-7H2,1-2H3. The molecule has 1 unspecified atom stereocenters. The van der Waals surface area contributed by atoms with Crippen molar-refractivity contribution in [1.82, 2.24) is 15.1 Å². The van der Waals surface area contributed by atoms with E-state index in [1.165, 1.54) is 19.4 Å². The summed E-state index contributed by atoms with van der Waals surface area (Å²) in [5, 5.41) is 7.87. The van der Waals surface area contributed by atoms with E-state index in [1.54, 1.807) is 0 Å². The molecule has 1 fully saturated rings. The van der Waals surface area contributed by atoms with Gasteiger partial charge in [-0.05, 0) is 32.4 Å². The molecule has 0 amide bonds. The fraction of sp³-hybridized carbons (Fsp3) is 0.800. The minimum absolute atomic E-state index is 0.671. The highest BCUT2D eigenvalue weighted by Gasteiger charge is 2.19. The summed E-state index contributed by atoms with van der Waals surface area (Å²) in [6.07, 6.45) is 3.51. The van der Waals surface area contributed by atoms with Gasteiger partial charge in [-0.2, -0.15) is 0 Å². The van der Waals surface area contributed by atoms with Crippen molar-refractivity contribution in [2.45, 2.75) is 26.2 Å². The van der Waals surface area contributed by atoms with Crippen LogP contribution in [0.15, 0.2) is 4.42 Å². The summed E-state index contributed by atoms with van der Waals surface area (Å²) >= 11 is 0. The summed E-state index contributed by atoms with van der Waals surface area (Å²) in [5.41, 5.74) is 0. The van der Waals surface area contributed by atoms with Gasteiger partial charge in [0.15, 0.2) is 0 Å². The lowest BCUT2D eigenvalue weighted by atomic mass is 9.95. The fourth-order valence-corrected chi connectivity index (χ4v) is 2.11. The molecule has 14 heavy (non-hydrogen) atoms. The Morgan fingerprint density at radius 2 is 2.36 bits per heavy atom. The second-order valence-electron chi connectivity index (χ2n) is 4.19. The van der Waals surface area contributed by atoms with E-state index < -0.39 is 0 Å². The monoisotopic (exact) mass is 195 g/mol. The maximum Gasteiger partial charge on any atom is 0.216 e. The second-order valence-corrected chi connectivity index (χ2v) is 4.19. The van der Waals surface area contributed by atoms with Gasteiger partial charge in [-0.1, -0.05) is 0 Å². The molecule has 4 heteroatoms. The Balaban J connectivity index is 1.90. The predicted octanol–water partition coefficient (Wildman–Crippen LogP) is 1.26. The molecule has 0 spiro atoms. The molecule has 2 heterocycles. The van der Waals surface area contributed by atoms with Gasteiger partial charge in [0.1, 0.15) is 0 Å². The first-order valence-electron chi connectivity index (χ1n) is 5.21. The molecule has 4 nitrogen and oxygen atoms in total. The van der Waals surface area contributed by atoms with Crippen molar-refractivity contribution < 1.29 is 4.42 Å². The summed E-state index contributed by atoms with van der Waals surface area (Å²) in [5.74, 6) is 2.15. The van der Waals surface area contributed by atoms with E-state index in [0.717, 1.165) is 18.9 Å². The van der Waals surface area contributed by atoms with Crippen LogP contribution in [0.2, 0.25) is 0 Å². The highest BCUT2D eigenvalue weighted by molar-refractivity contribution is 4.84. The third-order valence-corrected chi connectivity index (χ3v) is 2.75. The van der Waals surface area contributed by atoms with Gasteiger partial charge in [-0.25, -0.2) is 0 Å². The van der Waals surface area contributed by atoms with Gasteiger partial charge >= 0.3 is 0 Å². The molecule has 1 aliphatic heterocycles. The van der Waals surface area contributed by atoms with Crippen molar-refractivity contribution in [2.75, 3.05) is 20.1 Å². The van der Waals surface area contributed by atoms with Gasteiger partial charge in [-0.3, -0.25) is 0 Å². The highest BCUT2D eigenvalue weighted by Crippen LogP contribution is 2.18. The molecule has 2 rings (SSSR count). The molecule has 0 aliphatic carbocycles.